The zero-order valence-corrected chi connectivity index (χ0v) is 21.5. The van der Waals surface area contributed by atoms with Gasteiger partial charge in [0.15, 0.2) is 0 Å². The van der Waals surface area contributed by atoms with E-state index in [0.29, 0.717) is 5.92 Å². The van der Waals surface area contributed by atoms with Crippen LogP contribution in [-0.4, -0.2) is 59.2 Å². The van der Waals surface area contributed by atoms with Crippen LogP contribution in [-0.2, 0) is 19.4 Å². The van der Waals surface area contributed by atoms with E-state index in [-0.39, 0.29) is 11.9 Å². The third-order valence-corrected chi connectivity index (χ3v) is 8.33. The maximum absolute atomic E-state index is 13.2. The Bertz CT molecular complexity index is 1030. The summed E-state index contributed by atoms with van der Waals surface area (Å²) in [7, 11) is 1.93. The highest BCUT2D eigenvalue weighted by atomic mass is 16.5. The van der Waals surface area contributed by atoms with Crippen LogP contribution >= 0.6 is 0 Å². The van der Waals surface area contributed by atoms with Gasteiger partial charge in [0.1, 0.15) is 5.75 Å². The van der Waals surface area contributed by atoms with Crippen LogP contribution in [0, 0.1) is 11.8 Å². The van der Waals surface area contributed by atoms with Crippen LogP contribution in [0.15, 0.2) is 42.5 Å². The lowest BCUT2D eigenvalue weighted by atomic mass is 9.83. The van der Waals surface area contributed by atoms with Gasteiger partial charge < -0.3 is 14.7 Å². The summed E-state index contributed by atoms with van der Waals surface area (Å²) >= 11 is 0. The van der Waals surface area contributed by atoms with E-state index in [9.17, 15) is 9.90 Å². The number of ether oxygens (including phenoxy) is 1. The summed E-state index contributed by atoms with van der Waals surface area (Å²) in [6.45, 7) is 7.69. The van der Waals surface area contributed by atoms with Gasteiger partial charge in [0.05, 0.1) is 12.2 Å². The molecule has 35 heavy (non-hydrogen) atoms. The Morgan fingerprint density at radius 3 is 2.37 bits per heavy atom. The fraction of sp³-hybridized carbons (Fsp3) is 0.567. The molecule has 1 saturated carbocycles. The third kappa shape index (κ3) is 5.90. The molecule has 1 atom stereocenters. The maximum atomic E-state index is 13.2. The number of fused-ring (bicyclic) bond motifs is 1. The number of likely N-dealkylation sites (tertiary alicyclic amines) is 1. The van der Waals surface area contributed by atoms with Crippen molar-refractivity contribution in [3.8, 4) is 5.75 Å². The molecule has 1 N–H and O–H groups in total. The van der Waals surface area contributed by atoms with Crippen molar-refractivity contribution in [2.24, 2.45) is 11.8 Å². The van der Waals surface area contributed by atoms with Crippen molar-refractivity contribution < 1.29 is 14.6 Å². The first-order chi connectivity index (χ1) is 16.8. The van der Waals surface area contributed by atoms with Gasteiger partial charge in [-0.15, -0.1) is 0 Å². The second-order valence-corrected chi connectivity index (χ2v) is 11.6. The van der Waals surface area contributed by atoms with Crippen LogP contribution in [0.25, 0.3) is 0 Å². The highest BCUT2D eigenvalue weighted by molar-refractivity contribution is 5.94. The number of hydrogen-bond acceptors (Lipinski definition) is 4. The lowest BCUT2D eigenvalue weighted by Crippen LogP contribution is -2.41. The fourth-order valence-corrected chi connectivity index (χ4v) is 5.64. The van der Waals surface area contributed by atoms with Crippen molar-refractivity contribution in [2.45, 2.75) is 70.6 Å². The van der Waals surface area contributed by atoms with E-state index in [0.717, 1.165) is 69.2 Å². The van der Waals surface area contributed by atoms with Gasteiger partial charge in [-0.2, -0.15) is 0 Å². The molecule has 0 radical (unpaired) electrons. The van der Waals surface area contributed by atoms with E-state index < -0.39 is 5.60 Å². The summed E-state index contributed by atoms with van der Waals surface area (Å²) in [4.78, 5) is 17.6. The molecule has 5 nitrogen and oxygen atoms in total. The first kappa shape index (κ1) is 24.3. The van der Waals surface area contributed by atoms with Crippen molar-refractivity contribution >= 4 is 5.91 Å². The SMILES string of the molecule is CN(C(=O)c1ccc(OCC2CC2)cc1)[C@@H]1Cc2ccc(CN3CCC(C(C)(C)O)CC3)cc2C1. The minimum atomic E-state index is -0.579. The molecule has 0 aromatic heterocycles. The minimum absolute atomic E-state index is 0.0754. The zero-order chi connectivity index (χ0) is 24.6. The lowest BCUT2D eigenvalue weighted by Gasteiger charge is -2.37. The molecule has 2 aromatic rings. The van der Waals surface area contributed by atoms with Crippen LogP contribution in [0.1, 0.15) is 66.6 Å². The average molecular weight is 477 g/mol. The standard InChI is InChI=1S/C30H40N2O3/c1-30(2,34)26-12-14-32(15-13-26)19-22-6-7-24-17-27(18-25(24)16-22)31(3)29(33)23-8-10-28(11-9-23)35-20-21-4-5-21/h6-11,16,21,26-27,34H,4-5,12-15,17-20H2,1-3H3/t27-/m1/s1. The Hall–Kier alpha value is -2.37. The molecule has 1 heterocycles. The van der Waals surface area contributed by atoms with E-state index in [2.05, 4.69) is 23.1 Å². The smallest absolute Gasteiger partial charge is 0.253 e. The molecule has 2 aromatic carbocycles. The van der Waals surface area contributed by atoms with Crippen LogP contribution in [0.2, 0.25) is 0 Å². The second kappa shape index (κ2) is 9.94. The number of benzene rings is 2. The van der Waals surface area contributed by atoms with E-state index in [4.69, 9.17) is 4.74 Å². The lowest BCUT2D eigenvalue weighted by molar-refractivity contribution is -0.0136. The van der Waals surface area contributed by atoms with Gasteiger partial charge in [-0.05, 0) is 118 Å². The quantitative estimate of drug-likeness (QED) is 0.600. The molecule has 1 saturated heterocycles. The number of piperidine rings is 1. The first-order valence-electron chi connectivity index (χ1n) is 13.3. The van der Waals surface area contributed by atoms with Gasteiger partial charge in [0, 0.05) is 25.2 Å². The molecule has 3 aliphatic rings. The number of hydrogen-bond donors (Lipinski definition) is 1. The van der Waals surface area contributed by atoms with E-state index in [1.54, 1.807) is 0 Å². The van der Waals surface area contributed by atoms with Crippen molar-refractivity contribution in [1.82, 2.24) is 9.80 Å². The highest BCUT2D eigenvalue weighted by Crippen LogP contribution is 2.31. The Morgan fingerprint density at radius 2 is 1.71 bits per heavy atom. The molecule has 2 aliphatic carbocycles. The number of likely N-dealkylation sites (N-methyl/N-ethyl adjacent to an activating group) is 1. The molecule has 0 unspecified atom stereocenters. The largest absolute Gasteiger partial charge is 0.493 e. The van der Waals surface area contributed by atoms with Gasteiger partial charge in [0.25, 0.3) is 5.91 Å². The first-order valence-corrected chi connectivity index (χ1v) is 13.3. The zero-order valence-electron chi connectivity index (χ0n) is 21.5. The summed E-state index contributed by atoms with van der Waals surface area (Å²) in [6, 6.07) is 14.7. The normalized spacial score (nSPS) is 21.1. The monoisotopic (exact) mass is 476 g/mol. The Kier molecular flexibility index (Phi) is 6.91. The van der Waals surface area contributed by atoms with Gasteiger partial charge in [-0.25, -0.2) is 0 Å². The molecule has 0 spiro atoms. The highest BCUT2D eigenvalue weighted by Gasteiger charge is 2.31. The topological polar surface area (TPSA) is 53.0 Å². The van der Waals surface area contributed by atoms with E-state index in [1.807, 2.05) is 50.1 Å². The summed E-state index contributed by atoms with van der Waals surface area (Å²) in [5, 5.41) is 10.3. The van der Waals surface area contributed by atoms with Gasteiger partial charge in [-0.1, -0.05) is 18.2 Å². The van der Waals surface area contributed by atoms with E-state index >= 15 is 0 Å². The predicted octanol–water partition coefficient (Wildman–Crippen LogP) is 4.70. The summed E-state index contributed by atoms with van der Waals surface area (Å²) in [5.41, 5.74) is 4.23. The molecule has 1 aliphatic heterocycles. The molecule has 1 amide bonds. The molecule has 5 rings (SSSR count). The number of carbonyl (C=O) groups is 1. The maximum Gasteiger partial charge on any atom is 0.253 e. The number of carbonyl (C=O) groups excluding carboxylic acids is 1. The average Bonchev–Trinajstić information content (AvgIpc) is 3.58. The molecule has 2 fully saturated rings. The molecule has 188 valence electrons. The Morgan fingerprint density at radius 1 is 1.03 bits per heavy atom. The summed E-state index contributed by atoms with van der Waals surface area (Å²) in [6.07, 6.45) is 6.48. The van der Waals surface area contributed by atoms with Crippen LogP contribution in [0.3, 0.4) is 0 Å². The summed E-state index contributed by atoms with van der Waals surface area (Å²) < 4.78 is 5.81. The third-order valence-electron chi connectivity index (χ3n) is 8.33. The van der Waals surface area contributed by atoms with Crippen molar-refractivity contribution in [3.05, 3.63) is 64.7 Å². The Balaban J connectivity index is 1.15. The van der Waals surface area contributed by atoms with Crippen LogP contribution in [0.5, 0.6) is 5.75 Å². The van der Waals surface area contributed by atoms with Crippen molar-refractivity contribution in [1.29, 1.82) is 0 Å². The molecular weight excluding hydrogens is 436 g/mol. The van der Waals surface area contributed by atoms with Gasteiger partial charge in [0.2, 0.25) is 0 Å². The Labute approximate surface area is 210 Å². The van der Waals surface area contributed by atoms with Crippen LogP contribution in [0.4, 0.5) is 0 Å². The number of aliphatic hydroxyl groups is 1. The molecular formula is C30H40N2O3. The number of amides is 1. The summed E-state index contributed by atoms with van der Waals surface area (Å²) in [5.74, 6) is 2.03. The van der Waals surface area contributed by atoms with Crippen molar-refractivity contribution in [2.75, 3.05) is 26.7 Å². The van der Waals surface area contributed by atoms with Gasteiger partial charge in [-0.3, -0.25) is 9.69 Å². The molecule has 0 bridgehead atoms. The van der Waals surface area contributed by atoms with Crippen molar-refractivity contribution in [3.63, 3.8) is 0 Å². The van der Waals surface area contributed by atoms with E-state index in [1.165, 1.54) is 29.5 Å². The van der Waals surface area contributed by atoms with Gasteiger partial charge >= 0.3 is 0 Å². The second-order valence-electron chi connectivity index (χ2n) is 11.6. The predicted molar refractivity (Wildman–Crippen MR) is 139 cm³/mol. The fourth-order valence-electron chi connectivity index (χ4n) is 5.64. The molecule has 5 heteroatoms. The number of nitrogens with zero attached hydrogens (tertiary/aromatic N) is 2. The van der Waals surface area contributed by atoms with Crippen LogP contribution < -0.4 is 4.74 Å². The minimum Gasteiger partial charge on any atom is -0.493 e. The number of rotatable bonds is 8.